The summed E-state index contributed by atoms with van der Waals surface area (Å²) >= 11 is 0. The smallest absolute Gasteiger partial charge is 0.325 e. The molecule has 1 unspecified atom stereocenters. The van der Waals surface area contributed by atoms with Crippen LogP contribution in [0.15, 0.2) is 24.3 Å². The van der Waals surface area contributed by atoms with Gasteiger partial charge >= 0.3 is 12.1 Å². The summed E-state index contributed by atoms with van der Waals surface area (Å²) in [6.45, 7) is 1.34. The van der Waals surface area contributed by atoms with E-state index in [1.807, 2.05) is 24.3 Å². The topological polar surface area (TPSA) is 109 Å². The predicted octanol–water partition coefficient (Wildman–Crippen LogP) is 1.38. The highest BCUT2D eigenvalue weighted by molar-refractivity contribution is 6.07. The molecular formula is C20H26N4O5. The van der Waals surface area contributed by atoms with E-state index in [0.29, 0.717) is 57.0 Å². The Kier molecular flexibility index (Phi) is 5.46. The molecule has 1 aromatic rings. The maximum Gasteiger partial charge on any atom is 0.325 e. The summed E-state index contributed by atoms with van der Waals surface area (Å²) in [6.07, 6.45) is 3.59. The Labute approximate surface area is 169 Å². The molecule has 1 atom stereocenters. The second-order valence-electron chi connectivity index (χ2n) is 7.66. The molecule has 1 aromatic carbocycles. The van der Waals surface area contributed by atoms with E-state index in [1.54, 1.807) is 0 Å². The van der Waals surface area contributed by atoms with E-state index < -0.39 is 5.54 Å². The van der Waals surface area contributed by atoms with Crippen molar-refractivity contribution in [2.24, 2.45) is 0 Å². The van der Waals surface area contributed by atoms with Crippen LogP contribution in [0.5, 0.6) is 11.5 Å². The molecule has 3 aliphatic rings. The van der Waals surface area contributed by atoms with Crippen molar-refractivity contribution in [2.45, 2.75) is 43.7 Å². The Morgan fingerprint density at radius 3 is 2.72 bits per heavy atom. The molecular weight excluding hydrogens is 376 g/mol. The van der Waals surface area contributed by atoms with Crippen molar-refractivity contribution in [1.82, 2.24) is 20.9 Å². The van der Waals surface area contributed by atoms with Crippen molar-refractivity contribution >= 4 is 18.0 Å². The highest BCUT2D eigenvalue weighted by atomic mass is 16.6. The minimum atomic E-state index is -0.678. The number of para-hydroxylation sites is 2. The third kappa shape index (κ3) is 4.08. The lowest BCUT2D eigenvalue weighted by molar-refractivity contribution is -0.131. The number of nitrogens with one attached hydrogen (secondary N) is 3. The molecule has 1 spiro atoms. The molecule has 1 aliphatic carbocycles. The van der Waals surface area contributed by atoms with E-state index in [2.05, 4.69) is 16.0 Å². The number of carbonyl (C=O) groups excluding carboxylic acids is 3. The van der Waals surface area contributed by atoms with Gasteiger partial charge in [-0.3, -0.25) is 9.69 Å². The molecule has 29 heavy (non-hydrogen) atoms. The molecule has 1 saturated carbocycles. The van der Waals surface area contributed by atoms with Crippen LogP contribution >= 0.6 is 0 Å². The molecule has 0 radical (unpaired) electrons. The van der Waals surface area contributed by atoms with Crippen LogP contribution in [-0.2, 0) is 4.79 Å². The van der Waals surface area contributed by atoms with Crippen LogP contribution in [0.3, 0.4) is 0 Å². The molecule has 2 heterocycles. The van der Waals surface area contributed by atoms with Gasteiger partial charge in [-0.25, -0.2) is 9.59 Å². The maximum atomic E-state index is 12.6. The molecule has 4 rings (SSSR count). The second kappa shape index (κ2) is 8.18. The number of urea groups is 2. The van der Waals surface area contributed by atoms with Gasteiger partial charge in [0.15, 0.2) is 17.6 Å². The van der Waals surface area contributed by atoms with Gasteiger partial charge in [0.2, 0.25) is 0 Å². The average Bonchev–Trinajstić information content (AvgIpc) is 3.29. The quantitative estimate of drug-likeness (QED) is 0.492. The molecule has 0 aromatic heterocycles. The van der Waals surface area contributed by atoms with E-state index in [-0.39, 0.29) is 24.1 Å². The summed E-state index contributed by atoms with van der Waals surface area (Å²) in [4.78, 5) is 37.9. The normalized spacial score (nSPS) is 21.9. The first-order chi connectivity index (χ1) is 14.1. The van der Waals surface area contributed by atoms with Gasteiger partial charge in [-0.15, -0.1) is 0 Å². The van der Waals surface area contributed by atoms with Crippen LogP contribution in [-0.4, -0.2) is 60.8 Å². The SMILES string of the molecule is O=C(NCCCN1C(=O)NC2(CCCC2)C1=O)NCC1COc2ccccc2O1. The zero-order valence-electron chi connectivity index (χ0n) is 16.2. The van der Waals surface area contributed by atoms with E-state index in [9.17, 15) is 14.4 Å². The van der Waals surface area contributed by atoms with Crippen molar-refractivity contribution in [3.63, 3.8) is 0 Å². The number of nitrogens with zero attached hydrogens (tertiary/aromatic N) is 1. The van der Waals surface area contributed by atoms with Crippen molar-refractivity contribution in [3.05, 3.63) is 24.3 Å². The average molecular weight is 402 g/mol. The lowest BCUT2D eigenvalue weighted by Crippen LogP contribution is -2.45. The highest BCUT2D eigenvalue weighted by Gasteiger charge is 2.51. The van der Waals surface area contributed by atoms with Crippen LogP contribution in [0.4, 0.5) is 9.59 Å². The van der Waals surface area contributed by atoms with Gasteiger partial charge in [0, 0.05) is 13.1 Å². The van der Waals surface area contributed by atoms with Crippen LogP contribution in [0.2, 0.25) is 0 Å². The number of fused-ring (bicyclic) bond motifs is 1. The third-order valence-electron chi connectivity index (χ3n) is 5.60. The summed E-state index contributed by atoms with van der Waals surface area (Å²) in [7, 11) is 0. The van der Waals surface area contributed by atoms with Gasteiger partial charge in [0.25, 0.3) is 5.91 Å². The van der Waals surface area contributed by atoms with E-state index in [0.717, 1.165) is 12.8 Å². The molecule has 156 valence electrons. The first-order valence-corrected chi connectivity index (χ1v) is 10.1. The lowest BCUT2D eigenvalue weighted by atomic mass is 9.98. The van der Waals surface area contributed by atoms with Crippen LogP contribution < -0.4 is 25.4 Å². The second-order valence-corrected chi connectivity index (χ2v) is 7.66. The third-order valence-corrected chi connectivity index (χ3v) is 5.60. The Bertz CT molecular complexity index is 793. The lowest BCUT2D eigenvalue weighted by Gasteiger charge is -2.26. The summed E-state index contributed by atoms with van der Waals surface area (Å²) in [5.41, 5.74) is -0.678. The van der Waals surface area contributed by atoms with E-state index in [1.165, 1.54) is 4.90 Å². The minimum absolute atomic E-state index is 0.126. The van der Waals surface area contributed by atoms with Crippen molar-refractivity contribution in [1.29, 1.82) is 0 Å². The first-order valence-electron chi connectivity index (χ1n) is 10.1. The first kappa shape index (κ1) is 19.4. The number of amides is 5. The van der Waals surface area contributed by atoms with Crippen LogP contribution in [0.1, 0.15) is 32.1 Å². The fourth-order valence-corrected chi connectivity index (χ4v) is 4.07. The number of carbonyl (C=O) groups is 3. The number of hydrogen-bond donors (Lipinski definition) is 3. The summed E-state index contributed by atoms with van der Waals surface area (Å²) in [5, 5.41) is 8.35. The number of rotatable bonds is 6. The van der Waals surface area contributed by atoms with Crippen LogP contribution in [0, 0.1) is 0 Å². The summed E-state index contributed by atoms with van der Waals surface area (Å²) < 4.78 is 11.4. The largest absolute Gasteiger partial charge is 0.486 e. The van der Waals surface area contributed by atoms with E-state index >= 15 is 0 Å². The van der Waals surface area contributed by atoms with Crippen molar-refractivity contribution in [3.8, 4) is 11.5 Å². The van der Waals surface area contributed by atoms with E-state index in [4.69, 9.17) is 9.47 Å². The minimum Gasteiger partial charge on any atom is -0.486 e. The van der Waals surface area contributed by atoms with Crippen molar-refractivity contribution < 1.29 is 23.9 Å². The maximum absolute atomic E-state index is 12.6. The molecule has 2 fully saturated rings. The molecule has 2 aliphatic heterocycles. The fourth-order valence-electron chi connectivity index (χ4n) is 4.07. The Morgan fingerprint density at radius 1 is 1.17 bits per heavy atom. The number of imide groups is 1. The fraction of sp³-hybridized carbons (Fsp3) is 0.550. The summed E-state index contributed by atoms with van der Waals surface area (Å²) in [6, 6.07) is 6.76. The summed E-state index contributed by atoms with van der Waals surface area (Å²) in [5.74, 6) is 1.24. The van der Waals surface area contributed by atoms with Gasteiger partial charge in [-0.1, -0.05) is 25.0 Å². The Hall–Kier alpha value is -2.97. The zero-order valence-corrected chi connectivity index (χ0v) is 16.2. The Morgan fingerprint density at radius 2 is 1.93 bits per heavy atom. The van der Waals surface area contributed by atoms with Gasteiger partial charge in [-0.05, 0) is 31.4 Å². The van der Waals surface area contributed by atoms with Gasteiger partial charge in [-0.2, -0.15) is 0 Å². The molecule has 3 N–H and O–H groups in total. The van der Waals surface area contributed by atoms with Crippen molar-refractivity contribution in [2.75, 3.05) is 26.2 Å². The monoisotopic (exact) mass is 402 g/mol. The molecule has 1 saturated heterocycles. The zero-order chi connectivity index (χ0) is 20.3. The Balaban J connectivity index is 1.14. The van der Waals surface area contributed by atoms with Gasteiger partial charge in [0.05, 0.1) is 6.54 Å². The highest BCUT2D eigenvalue weighted by Crippen LogP contribution is 2.35. The van der Waals surface area contributed by atoms with Gasteiger partial charge in [0.1, 0.15) is 12.1 Å². The number of hydrogen-bond acceptors (Lipinski definition) is 5. The predicted molar refractivity (Wildman–Crippen MR) is 104 cm³/mol. The molecule has 5 amide bonds. The standard InChI is InChI=1S/C20H26N4O5/c25-17-20(8-3-4-9-20)23-19(27)24(17)11-5-10-21-18(26)22-12-14-13-28-15-6-1-2-7-16(15)29-14/h1-2,6-7,14H,3-5,8-13H2,(H,23,27)(H2,21,22,26). The number of ether oxygens (including phenoxy) is 2. The number of benzene rings is 1. The van der Waals surface area contributed by atoms with Crippen LogP contribution in [0.25, 0.3) is 0 Å². The molecule has 9 heteroatoms. The molecule has 0 bridgehead atoms. The molecule has 9 nitrogen and oxygen atoms in total. The van der Waals surface area contributed by atoms with Gasteiger partial charge < -0.3 is 25.4 Å².